The summed E-state index contributed by atoms with van der Waals surface area (Å²) in [6, 6.07) is 3.80. The number of rotatable bonds is 2. The van der Waals surface area contributed by atoms with Gasteiger partial charge in [-0.1, -0.05) is 11.8 Å². The van der Waals surface area contributed by atoms with Crippen LogP contribution >= 0.6 is 11.8 Å². The summed E-state index contributed by atoms with van der Waals surface area (Å²) in [5.74, 6) is 0.749. The van der Waals surface area contributed by atoms with Gasteiger partial charge in [-0.3, -0.25) is 4.98 Å². The predicted octanol–water partition coefficient (Wildman–Crippen LogP) is 1.60. The van der Waals surface area contributed by atoms with Gasteiger partial charge in [-0.25, -0.2) is 9.67 Å². The van der Waals surface area contributed by atoms with E-state index < -0.39 is 0 Å². The third-order valence-electron chi connectivity index (χ3n) is 1.84. The molecule has 0 atom stereocenters. The van der Waals surface area contributed by atoms with E-state index in [0.717, 1.165) is 16.5 Å². The summed E-state index contributed by atoms with van der Waals surface area (Å²) in [5.41, 5.74) is 0.996. The fourth-order valence-electron chi connectivity index (χ4n) is 1.17. The van der Waals surface area contributed by atoms with Crippen molar-refractivity contribution in [3.63, 3.8) is 0 Å². The lowest BCUT2D eigenvalue weighted by atomic mass is 10.3. The molecule has 4 nitrogen and oxygen atoms in total. The summed E-state index contributed by atoms with van der Waals surface area (Å²) in [6.07, 6.45) is 5.47. The maximum absolute atomic E-state index is 4.39. The monoisotopic (exact) mass is 206 g/mol. The van der Waals surface area contributed by atoms with Crippen LogP contribution in [-0.2, 0) is 7.05 Å². The van der Waals surface area contributed by atoms with Gasteiger partial charge in [0, 0.05) is 25.0 Å². The van der Waals surface area contributed by atoms with E-state index in [1.807, 2.05) is 25.4 Å². The predicted molar refractivity (Wildman–Crippen MR) is 56.0 cm³/mol. The molecule has 0 unspecified atom stereocenters. The molecule has 0 aliphatic rings. The van der Waals surface area contributed by atoms with E-state index in [2.05, 4.69) is 15.1 Å². The first kappa shape index (κ1) is 9.21. The molecular weight excluding hydrogens is 196 g/mol. The minimum atomic E-state index is 0.749. The first-order valence-electron chi connectivity index (χ1n) is 4.16. The fourth-order valence-corrected chi connectivity index (χ4v) is 1.65. The van der Waals surface area contributed by atoms with Gasteiger partial charge in [0.25, 0.3) is 0 Å². The maximum atomic E-state index is 4.39. The Labute approximate surface area is 86.4 Å². The molecular formula is C9H10N4S. The molecule has 72 valence electrons. The minimum absolute atomic E-state index is 0.749. The molecule has 5 heteroatoms. The van der Waals surface area contributed by atoms with Gasteiger partial charge in [0.05, 0.1) is 0 Å². The first-order valence-corrected chi connectivity index (χ1v) is 5.39. The zero-order chi connectivity index (χ0) is 9.97. The van der Waals surface area contributed by atoms with Crippen molar-refractivity contribution < 1.29 is 0 Å². The van der Waals surface area contributed by atoms with E-state index >= 15 is 0 Å². The quantitative estimate of drug-likeness (QED) is 0.700. The summed E-state index contributed by atoms with van der Waals surface area (Å²) >= 11 is 1.58. The van der Waals surface area contributed by atoms with E-state index in [4.69, 9.17) is 0 Å². The van der Waals surface area contributed by atoms with Crippen molar-refractivity contribution in [1.29, 1.82) is 0 Å². The first-order chi connectivity index (χ1) is 6.81. The topological polar surface area (TPSA) is 43.6 Å². The van der Waals surface area contributed by atoms with Crippen molar-refractivity contribution in [2.45, 2.75) is 5.16 Å². The Morgan fingerprint density at radius 2 is 2.00 bits per heavy atom. The van der Waals surface area contributed by atoms with Crippen molar-refractivity contribution in [2.24, 2.45) is 7.05 Å². The number of thioether (sulfide) groups is 1. The average Bonchev–Trinajstić information content (AvgIpc) is 2.61. The van der Waals surface area contributed by atoms with E-state index in [-0.39, 0.29) is 0 Å². The van der Waals surface area contributed by atoms with Crippen LogP contribution in [0.4, 0.5) is 0 Å². The molecule has 2 aromatic heterocycles. The Morgan fingerprint density at radius 3 is 2.57 bits per heavy atom. The third kappa shape index (κ3) is 1.63. The van der Waals surface area contributed by atoms with Gasteiger partial charge in [-0.2, -0.15) is 5.10 Å². The molecule has 14 heavy (non-hydrogen) atoms. The number of hydrogen-bond acceptors (Lipinski definition) is 4. The van der Waals surface area contributed by atoms with Gasteiger partial charge in [0.1, 0.15) is 0 Å². The van der Waals surface area contributed by atoms with Gasteiger partial charge in [-0.15, -0.1) is 0 Å². The van der Waals surface area contributed by atoms with Gasteiger partial charge in [0.2, 0.25) is 0 Å². The molecule has 0 radical (unpaired) electrons. The van der Waals surface area contributed by atoms with E-state index in [0.29, 0.717) is 0 Å². The Bertz CT molecular complexity index is 424. The Balaban J connectivity index is 2.43. The lowest BCUT2D eigenvalue weighted by molar-refractivity contribution is 0.687. The molecule has 0 aromatic carbocycles. The number of aryl methyl sites for hydroxylation is 1. The number of hydrogen-bond donors (Lipinski definition) is 0. The van der Waals surface area contributed by atoms with Crippen LogP contribution in [0.3, 0.4) is 0 Å². The second-order valence-corrected chi connectivity index (χ2v) is 3.56. The minimum Gasteiger partial charge on any atom is -0.265 e. The highest BCUT2D eigenvalue weighted by Crippen LogP contribution is 2.17. The number of aromatic nitrogens is 4. The van der Waals surface area contributed by atoms with Crippen molar-refractivity contribution in [2.75, 3.05) is 6.26 Å². The highest BCUT2D eigenvalue weighted by molar-refractivity contribution is 7.98. The third-order valence-corrected chi connectivity index (χ3v) is 2.56. The van der Waals surface area contributed by atoms with Gasteiger partial charge >= 0.3 is 0 Å². The molecule has 0 saturated carbocycles. The zero-order valence-corrected chi connectivity index (χ0v) is 8.82. The average molecular weight is 206 g/mol. The molecule has 2 heterocycles. The van der Waals surface area contributed by atoms with Gasteiger partial charge < -0.3 is 0 Å². The summed E-state index contributed by atoms with van der Waals surface area (Å²) in [5, 5.41) is 5.22. The second kappa shape index (κ2) is 3.79. The summed E-state index contributed by atoms with van der Waals surface area (Å²) in [7, 11) is 1.89. The maximum Gasteiger partial charge on any atom is 0.186 e. The standard InChI is InChI=1S/C9H10N4S/c1-13-9(14-2)11-8(12-13)7-3-5-10-6-4-7/h3-6H,1-2H3. The molecule has 0 aliphatic heterocycles. The Morgan fingerprint density at radius 1 is 1.29 bits per heavy atom. The van der Waals surface area contributed by atoms with Crippen LogP contribution in [0.15, 0.2) is 29.7 Å². The molecule has 0 N–H and O–H groups in total. The second-order valence-electron chi connectivity index (χ2n) is 2.78. The van der Waals surface area contributed by atoms with Crippen LogP contribution in [0.2, 0.25) is 0 Å². The Hall–Kier alpha value is -1.36. The van der Waals surface area contributed by atoms with Gasteiger partial charge in [-0.05, 0) is 18.4 Å². The summed E-state index contributed by atoms with van der Waals surface area (Å²) < 4.78 is 1.78. The van der Waals surface area contributed by atoms with Crippen LogP contribution in [0.1, 0.15) is 0 Å². The van der Waals surface area contributed by atoms with Crippen molar-refractivity contribution in [3.05, 3.63) is 24.5 Å². The molecule has 0 bridgehead atoms. The largest absolute Gasteiger partial charge is 0.265 e. The molecule has 2 rings (SSSR count). The molecule has 0 fully saturated rings. The van der Waals surface area contributed by atoms with E-state index in [9.17, 15) is 0 Å². The smallest absolute Gasteiger partial charge is 0.186 e. The van der Waals surface area contributed by atoms with Crippen LogP contribution < -0.4 is 0 Å². The van der Waals surface area contributed by atoms with E-state index in [1.54, 1.807) is 28.8 Å². The lowest BCUT2D eigenvalue weighted by Crippen LogP contribution is -1.91. The number of pyridine rings is 1. The molecule has 0 aliphatic carbocycles. The van der Waals surface area contributed by atoms with Crippen LogP contribution in [-0.4, -0.2) is 26.0 Å². The molecule has 0 saturated heterocycles. The van der Waals surface area contributed by atoms with Crippen molar-refractivity contribution in [3.8, 4) is 11.4 Å². The SMILES string of the molecule is CSc1nc(-c2ccncc2)nn1C. The fraction of sp³-hybridized carbons (Fsp3) is 0.222. The van der Waals surface area contributed by atoms with Crippen LogP contribution in [0, 0.1) is 0 Å². The molecule has 2 aromatic rings. The zero-order valence-electron chi connectivity index (χ0n) is 8.01. The Kier molecular flexibility index (Phi) is 2.49. The van der Waals surface area contributed by atoms with Crippen LogP contribution in [0.5, 0.6) is 0 Å². The summed E-state index contributed by atoms with van der Waals surface area (Å²) in [6.45, 7) is 0. The highest BCUT2D eigenvalue weighted by atomic mass is 32.2. The van der Waals surface area contributed by atoms with Crippen molar-refractivity contribution >= 4 is 11.8 Å². The lowest BCUT2D eigenvalue weighted by Gasteiger charge is -1.90. The van der Waals surface area contributed by atoms with Crippen LogP contribution in [0.25, 0.3) is 11.4 Å². The van der Waals surface area contributed by atoms with Crippen molar-refractivity contribution in [1.82, 2.24) is 19.7 Å². The van der Waals surface area contributed by atoms with Gasteiger partial charge in [0.15, 0.2) is 11.0 Å². The number of nitrogens with zero attached hydrogens (tertiary/aromatic N) is 4. The molecule has 0 spiro atoms. The van der Waals surface area contributed by atoms with E-state index in [1.165, 1.54) is 0 Å². The highest BCUT2D eigenvalue weighted by Gasteiger charge is 2.07. The molecule has 0 amide bonds. The summed E-state index contributed by atoms with van der Waals surface area (Å²) in [4.78, 5) is 8.34. The normalized spacial score (nSPS) is 10.4.